The molecule has 0 spiro atoms. The molecular formula is C42H76. The van der Waals surface area contributed by atoms with Crippen molar-refractivity contribution in [2.75, 3.05) is 0 Å². The lowest BCUT2D eigenvalue weighted by atomic mass is 9.94. The molecule has 1 aliphatic rings. The monoisotopic (exact) mass is 581 g/mol. The lowest BCUT2D eigenvalue weighted by Crippen LogP contribution is -1.95. The van der Waals surface area contributed by atoms with Gasteiger partial charge in [-0.3, -0.25) is 0 Å². The van der Waals surface area contributed by atoms with E-state index in [1.165, 1.54) is 86.5 Å². The Balaban J connectivity index is -0.000000220. The summed E-state index contributed by atoms with van der Waals surface area (Å²) in [4.78, 5) is 0. The van der Waals surface area contributed by atoms with Gasteiger partial charge in [0.2, 0.25) is 0 Å². The van der Waals surface area contributed by atoms with Crippen molar-refractivity contribution in [1.82, 2.24) is 0 Å². The summed E-state index contributed by atoms with van der Waals surface area (Å²) < 4.78 is 0. The molecule has 0 saturated heterocycles. The van der Waals surface area contributed by atoms with Gasteiger partial charge in [0.05, 0.1) is 0 Å². The van der Waals surface area contributed by atoms with E-state index in [2.05, 4.69) is 126 Å². The van der Waals surface area contributed by atoms with Crippen LogP contribution in [-0.2, 0) is 0 Å². The third kappa shape index (κ3) is 32.4. The molecule has 42 heavy (non-hydrogen) atoms. The molecule has 0 heterocycles. The van der Waals surface area contributed by atoms with Crippen molar-refractivity contribution in [2.24, 2.45) is 5.92 Å². The zero-order valence-electron chi connectivity index (χ0n) is 31.4. The number of hydrogen-bond donors (Lipinski definition) is 0. The largest absolute Gasteiger partial charge is 0.0998 e. The van der Waals surface area contributed by atoms with Gasteiger partial charge in [-0.05, 0) is 88.5 Å². The highest BCUT2D eigenvalue weighted by atomic mass is 14.1. The fraction of sp³-hybridized carbons (Fsp3) is 0.619. The minimum Gasteiger partial charge on any atom is -0.0998 e. The van der Waals surface area contributed by atoms with Crippen LogP contribution < -0.4 is 0 Å². The summed E-state index contributed by atoms with van der Waals surface area (Å²) in [5.41, 5.74) is 10.7. The van der Waals surface area contributed by atoms with Gasteiger partial charge in [0.15, 0.2) is 0 Å². The van der Waals surface area contributed by atoms with Crippen molar-refractivity contribution in [3.63, 3.8) is 0 Å². The zero-order chi connectivity index (χ0) is 33.5. The van der Waals surface area contributed by atoms with E-state index in [4.69, 9.17) is 0 Å². The summed E-state index contributed by atoms with van der Waals surface area (Å²) in [7, 11) is 0. The van der Waals surface area contributed by atoms with Gasteiger partial charge in [-0.1, -0.05) is 180 Å². The minimum absolute atomic E-state index is 0.502. The Morgan fingerprint density at radius 3 is 1.60 bits per heavy atom. The first-order valence-electron chi connectivity index (χ1n) is 17.2. The zero-order valence-corrected chi connectivity index (χ0v) is 31.4. The average Bonchev–Trinajstić information content (AvgIpc) is 2.94. The molecule has 1 aliphatic carbocycles. The van der Waals surface area contributed by atoms with Crippen molar-refractivity contribution in [3.8, 4) is 0 Å². The quantitative estimate of drug-likeness (QED) is 0.147. The highest BCUT2D eigenvalue weighted by Gasteiger charge is 2.04. The molecule has 244 valence electrons. The molecule has 0 aromatic heterocycles. The van der Waals surface area contributed by atoms with E-state index in [1.54, 1.807) is 5.57 Å². The molecule has 0 fully saturated rings. The van der Waals surface area contributed by atoms with Gasteiger partial charge in [-0.2, -0.15) is 0 Å². The minimum atomic E-state index is 0.502. The van der Waals surface area contributed by atoms with Crippen LogP contribution >= 0.6 is 0 Å². The van der Waals surface area contributed by atoms with E-state index < -0.39 is 0 Å². The molecule has 0 atom stereocenters. The van der Waals surface area contributed by atoms with E-state index in [9.17, 15) is 0 Å². The Morgan fingerprint density at radius 2 is 1.26 bits per heavy atom. The first kappa shape index (κ1) is 46.9. The Bertz CT molecular complexity index is 848. The second-order valence-electron chi connectivity index (χ2n) is 11.9. The fourth-order valence-corrected chi connectivity index (χ4v) is 3.77. The molecular weight excluding hydrogens is 504 g/mol. The Hall–Kier alpha value is -2.08. The molecule has 1 aromatic carbocycles. The van der Waals surface area contributed by atoms with Crippen LogP contribution in [0.1, 0.15) is 163 Å². The molecule has 2 rings (SSSR count). The predicted molar refractivity (Wildman–Crippen MR) is 201 cm³/mol. The SMILES string of the molecule is C=C(C)CC(=C)C(=C)C(C)C.CC.CCC.CCCC1=CC=C(C)CC1.CCCCCCC.Cc1ccc(C)c(C)c1. The highest BCUT2D eigenvalue weighted by Crippen LogP contribution is 2.21. The summed E-state index contributed by atoms with van der Waals surface area (Å²) >= 11 is 0. The van der Waals surface area contributed by atoms with Crippen molar-refractivity contribution in [3.05, 3.63) is 94.6 Å². The molecule has 0 amide bonds. The summed E-state index contributed by atoms with van der Waals surface area (Å²) in [5.74, 6) is 0.502. The number of hydrogen-bond acceptors (Lipinski definition) is 0. The van der Waals surface area contributed by atoms with Gasteiger partial charge in [-0.15, -0.1) is 0 Å². The van der Waals surface area contributed by atoms with Gasteiger partial charge in [0.1, 0.15) is 0 Å². The number of allylic oxidation sites excluding steroid dienone is 7. The lowest BCUT2D eigenvalue weighted by Gasteiger charge is -2.12. The van der Waals surface area contributed by atoms with Crippen LogP contribution in [0.25, 0.3) is 0 Å². The topological polar surface area (TPSA) is 0 Å². The first-order valence-corrected chi connectivity index (χ1v) is 17.2. The number of benzene rings is 1. The van der Waals surface area contributed by atoms with E-state index in [0.29, 0.717) is 5.92 Å². The molecule has 0 nitrogen and oxygen atoms in total. The Labute approximate surface area is 267 Å². The van der Waals surface area contributed by atoms with Crippen LogP contribution in [0.3, 0.4) is 0 Å². The number of rotatable bonds is 10. The molecule has 0 aliphatic heterocycles. The van der Waals surface area contributed by atoms with Crippen molar-refractivity contribution < 1.29 is 0 Å². The maximum Gasteiger partial charge on any atom is -0.00758 e. The molecule has 0 heteroatoms. The summed E-state index contributed by atoms with van der Waals surface area (Å²) in [5, 5.41) is 0. The van der Waals surface area contributed by atoms with Crippen LogP contribution in [0.4, 0.5) is 0 Å². The first-order chi connectivity index (χ1) is 19.8. The second kappa shape index (κ2) is 33.4. The molecule has 0 saturated carbocycles. The van der Waals surface area contributed by atoms with Crippen LogP contribution in [-0.4, -0.2) is 0 Å². The van der Waals surface area contributed by atoms with Gasteiger partial charge in [0.25, 0.3) is 0 Å². The van der Waals surface area contributed by atoms with E-state index in [0.717, 1.165) is 23.1 Å². The van der Waals surface area contributed by atoms with Gasteiger partial charge in [-0.25, -0.2) is 0 Å². The highest BCUT2D eigenvalue weighted by molar-refractivity contribution is 5.30. The molecule has 0 radical (unpaired) electrons. The van der Waals surface area contributed by atoms with Gasteiger partial charge < -0.3 is 0 Å². The van der Waals surface area contributed by atoms with Crippen molar-refractivity contribution in [2.45, 2.75) is 168 Å². The van der Waals surface area contributed by atoms with Crippen molar-refractivity contribution >= 4 is 0 Å². The summed E-state index contributed by atoms with van der Waals surface area (Å²) in [6.45, 7) is 41.6. The van der Waals surface area contributed by atoms with Gasteiger partial charge in [0, 0.05) is 0 Å². The fourth-order valence-electron chi connectivity index (χ4n) is 3.77. The van der Waals surface area contributed by atoms with Crippen LogP contribution in [0, 0.1) is 26.7 Å². The average molecular weight is 581 g/mol. The van der Waals surface area contributed by atoms with Crippen LogP contribution in [0.2, 0.25) is 0 Å². The third-order valence-corrected chi connectivity index (χ3v) is 6.55. The maximum atomic E-state index is 3.97. The van der Waals surface area contributed by atoms with Crippen molar-refractivity contribution in [1.29, 1.82) is 0 Å². The molecule has 0 N–H and O–H groups in total. The number of unbranched alkanes of at least 4 members (excludes halogenated alkanes) is 4. The number of aryl methyl sites for hydroxylation is 3. The standard InChI is InChI=1S/C11H18.C10H16.C9H12.C7H16.C3H8.C2H6/c1-8(2)7-10(5)11(6)9(3)4;1-3-4-10-7-5-9(2)6-8-10;1-7-4-5-8(2)9(3)6-7;1-3-5-7-6-4-2;1-3-2;1-2/h9H,1,5-7H2,2-4H3;5,7H,3-4,6,8H2,1-2H3;4-6H,1-3H3;3-7H2,1-2H3;3H2,1-2H3;1-2H3. The summed E-state index contributed by atoms with van der Waals surface area (Å²) in [6, 6.07) is 6.50. The third-order valence-electron chi connectivity index (χ3n) is 6.55. The van der Waals surface area contributed by atoms with Crippen LogP contribution in [0.5, 0.6) is 0 Å². The molecule has 1 aromatic rings. The van der Waals surface area contributed by atoms with E-state index >= 15 is 0 Å². The van der Waals surface area contributed by atoms with E-state index in [-0.39, 0.29) is 0 Å². The maximum absolute atomic E-state index is 3.97. The molecule has 0 unspecified atom stereocenters. The normalized spacial score (nSPS) is 11.1. The Morgan fingerprint density at radius 1 is 0.738 bits per heavy atom. The lowest BCUT2D eigenvalue weighted by molar-refractivity contribution is 0.656. The predicted octanol–water partition coefficient (Wildman–Crippen LogP) is 15.2. The molecule has 0 bridgehead atoms. The van der Waals surface area contributed by atoms with Gasteiger partial charge >= 0.3 is 0 Å². The second-order valence-corrected chi connectivity index (χ2v) is 11.9. The van der Waals surface area contributed by atoms with Crippen LogP contribution in [0.15, 0.2) is 78.0 Å². The van der Waals surface area contributed by atoms with E-state index in [1.807, 2.05) is 20.8 Å². The Kier molecular flexibility index (Phi) is 37.3. The smallest absolute Gasteiger partial charge is 0.00758 e. The summed E-state index contributed by atoms with van der Waals surface area (Å²) in [6.07, 6.45) is 18.9.